The van der Waals surface area contributed by atoms with Crippen LogP contribution in [-0.4, -0.2) is 41.9 Å². The predicted octanol–water partition coefficient (Wildman–Crippen LogP) is 4.22. The zero-order valence-corrected chi connectivity index (χ0v) is 14.5. The lowest BCUT2D eigenvalue weighted by molar-refractivity contribution is -0.137. The zero-order valence-electron chi connectivity index (χ0n) is 14.5. The number of piperazine rings is 1. The van der Waals surface area contributed by atoms with Crippen LogP contribution in [0.25, 0.3) is 0 Å². The standard InChI is InChI=1S/C20H21F3N2O/c1-15(16-5-3-2-4-6-16)24-11-13-25(14-12-24)19(26)17-7-9-18(10-8-17)20(21,22)23/h2-10,15H,11-14H2,1H3. The number of halogens is 3. The van der Waals surface area contributed by atoms with Gasteiger partial charge in [-0.25, -0.2) is 0 Å². The number of carbonyl (C=O) groups excluding carboxylic acids is 1. The van der Waals surface area contributed by atoms with E-state index >= 15 is 0 Å². The van der Waals surface area contributed by atoms with Crippen molar-refractivity contribution < 1.29 is 18.0 Å². The monoisotopic (exact) mass is 362 g/mol. The molecule has 0 saturated carbocycles. The Bertz CT molecular complexity index is 736. The fourth-order valence-electron chi connectivity index (χ4n) is 3.24. The van der Waals surface area contributed by atoms with E-state index in [1.807, 2.05) is 18.2 Å². The van der Waals surface area contributed by atoms with Gasteiger partial charge in [-0.15, -0.1) is 0 Å². The molecule has 1 amide bonds. The number of hydrogen-bond acceptors (Lipinski definition) is 2. The van der Waals surface area contributed by atoms with Gasteiger partial charge in [0.2, 0.25) is 0 Å². The second kappa shape index (κ2) is 7.50. The van der Waals surface area contributed by atoms with Gasteiger partial charge >= 0.3 is 6.18 Å². The molecule has 1 aliphatic rings. The molecule has 1 aliphatic heterocycles. The highest BCUT2D eigenvalue weighted by Gasteiger charge is 2.31. The summed E-state index contributed by atoms with van der Waals surface area (Å²) >= 11 is 0. The molecule has 1 saturated heterocycles. The molecule has 2 aromatic carbocycles. The van der Waals surface area contributed by atoms with Gasteiger partial charge in [-0.1, -0.05) is 30.3 Å². The summed E-state index contributed by atoms with van der Waals surface area (Å²) in [7, 11) is 0. The van der Waals surface area contributed by atoms with Gasteiger partial charge in [0.25, 0.3) is 5.91 Å². The van der Waals surface area contributed by atoms with Crippen molar-refractivity contribution in [1.82, 2.24) is 9.80 Å². The fourth-order valence-corrected chi connectivity index (χ4v) is 3.24. The van der Waals surface area contributed by atoms with E-state index in [4.69, 9.17) is 0 Å². The first-order valence-electron chi connectivity index (χ1n) is 8.62. The highest BCUT2D eigenvalue weighted by Crippen LogP contribution is 2.29. The molecule has 6 heteroatoms. The van der Waals surface area contributed by atoms with Gasteiger partial charge in [-0.2, -0.15) is 13.2 Å². The molecule has 1 fully saturated rings. The molecule has 138 valence electrons. The first-order chi connectivity index (χ1) is 12.4. The van der Waals surface area contributed by atoms with Crippen molar-refractivity contribution in [3.05, 3.63) is 71.3 Å². The maximum atomic E-state index is 12.6. The van der Waals surface area contributed by atoms with Crippen molar-refractivity contribution in [2.75, 3.05) is 26.2 Å². The Labute approximate surface area is 151 Å². The molecule has 3 nitrogen and oxygen atoms in total. The van der Waals surface area contributed by atoms with Crippen molar-refractivity contribution >= 4 is 5.91 Å². The smallest absolute Gasteiger partial charge is 0.336 e. The Hall–Kier alpha value is -2.34. The Morgan fingerprint density at radius 2 is 1.50 bits per heavy atom. The van der Waals surface area contributed by atoms with Crippen LogP contribution in [0.2, 0.25) is 0 Å². The molecule has 1 heterocycles. The maximum absolute atomic E-state index is 12.6. The molecule has 0 aromatic heterocycles. The molecule has 1 unspecified atom stereocenters. The van der Waals surface area contributed by atoms with Crippen LogP contribution in [0.5, 0.6) is 0 Å². The molecule has 0 spiro atoms. The van der Waals surface area contributed by atoms with E-state index in [1.54, 1.807) is 4.90 Å². The van der Waals surface area contributed by atoms with Crippen LogP contribution in [0, 0.1) is 0 Å². The maximum Gasteiger partial charge on any atom is 0.416 e. The third-order valence-corrected chi connectivity index (χ3v) is 4.89. The van der Waals surface area contributed by atoms with Crippen molar-refractivity contribution in [3.8, 4) is 0 Å². The lowest BCUT2D eigenvalue weighted by atomic mass is 10.1. The second-order valence-electron chi connectivity index (χ2n) is 6.49. The minimum atomic E-state index is -4.39. The summed E-state index contributed by atoms with van der Waals surface area (Å²) in [4.78, 5) is 16.5. The second-order valence-corrected chi connectivity index (χ2v) is 6.49. The van der Waals surface area contributed by atoms with Gasteiger partial charge in [0, 0.05) is 37.8 Å². The first kappa shape index (κ1) is 18.5. The molecule has 0 N–H and O–H groups in total. The van der Waals surface area contributed by atoms with Crippen LogP contribution in [0.3, 0.4) is 0 Å². The molecule has 26 heavy (non-hydrogen) atoms. The van der Waals surface area contributed by atoms with Gasteiger partial charge in [0.15, 0.2) is 0 Å². The Balaban J connectivity index is 1.60. The third kappa shape index (κ3) is 4.07. The third-order valence-electron chi connectivity index (χ3n) is 4.89. The van der Waals surface area contributed by atoms with Gasteiger partial charge in [-0.3, -0.25) is 9.69 Å². The Morgan fingerprint density at radius 3 is 2.04 bits per heavy atom. The summed E-state index contributed by atoms with van der Waals surface area (Å²) in [6.07, 6.45) is -4.39. The van der Waals surface area contributed by atoms with Crippen LogP contribution in [-0.2, 0) is 6.18 Å². The molecule has 2 aromatic rings. The molecule has 0 aliphatic carbocycles. The highest BCUT2D eigenvalue weighted by atomic mass is 19.4. The normalized spacial score (nSPS) is 17.2. The number of amides is 1. The van der Waals surface area contributed by atoms with Gasteiger partial charge < -0.3 is 4.90 Å². The topological polar surface area (TPSA) is 23.6 Å². The molecular weight excluding hydrogens is 341 g/mol. The molecule has 1 atom stereocenters. The van der Waals surface area contributed by atoms with Crippen LogP contribution in [0.1, 0.15) is 34.5 Å². The van der Waals surface area contributed by atoms with Crippen LogP contribution >= 0.6 is 0 Å². The number of alkyl halides is 3. The Morgan fingerprint density at radius 1 is 0.923 bits per heavy atom. The van der Waals surface area contributed by atoms with E-state index in [-0.39, 0.29) is 11.9 Å². The molecule has 3 rings (SSSR count). The van der Waals surface area contributed by atoms with Crippen molar-refractivity contribution in [2.45, 2.75) is 19.1 Å². The highest BCUT2D eigenvalue weighted by molar-refractivity contribution is 5.94. The SMILES string of the molecule is CC(c1ccccc1)N1CCN(C(=O)c2ccc(C(F)(F)F)cc2)CC1. The lowest BCUT2D eigenvalue weighted by Gasteiger charge is -2.38. The zero-order chi connectivity index (χ0) is 18.7. The van der Waals surface area contributed by atoms with E-state index in [1.165, 1.54) is 17.7 Å². The summed E-state index contributed by atoms with van der Waals surface area (Å²) in [5.74, 6) is -0.217. The van der Waals surface area contributed by atoms with Crippen molar-refractivity contribution in [1.29, 1.82) is 0 Å². The average Bonchev–Trinajstić information content (AvgIpc) is 2.67. The summed E-state index contributed by atoms with van der Waals surface area (Å²) in [5.41, 5.74) is 0.785. The number of hydrogen-bond donors (Lipinski definition) is 0. The Kier molecular flexibility index (Phi) is 5.32. The number of benzene rings is 2. The lowest BCUT2D eigenvalue weighted by Crippen LogP contribution is -2.49. The number of nitrogens with zero attached hydrogens (tertiary/aromatic N) is 2. The van der Waals surface area contributed by atoms with Crippen LogP contribution in [0.4, 0.5) is 13.2 Å². The number of rotatable bonds is 3. The predicted molar refractivity (Wildman–Crippen MR) is 93.8 cm³/mol. The fraction of sp³-hybridized carbons (Fsp3) is 0.350. The van der Waals surface area contributed by atoms with Gasteiger partial charge in [-0.05, 0) is 36.8 Å². The van der Waals surface area contributed by atoms with Gasteiger partial charge in [0.05, 0.1) is 5.56 Å². The number of carbonyl (C=O) groups is 1. The summed E-state index contributed by atoms with van der Waals surface area (Å²) < 4.78 is 37.9. The van der Waals surface area contributed by atoms with Crippen molar-refractivity contribution in [2.24, 2.45) is 0 Å². The van der Waals surface area contributed by atoms with E-state index < -0.39 is 11.7 Å². The van der Waals surface area contributed by atoms with E-state index in [2.05, 4.69) is 24.0 Å². The summed E-state index contributed by atoms with van der Waals surface area (Å²) in [6, 6.07) is 14.9. The minimum absolute atomic E-state index is 0.217. The summed E-state index contributed by atoms with van der Waals surface area (Å²) in [6.45, 7) is 4.75. The van der Waals surface area contributed by atoms with Crippen LogP contribution in [0.15, 0.2) is 54.6 Å². The quantitative estimate of drug-likeness (QED) is 0.816. The van der Waals surface area contributed by atoms with E-state index in [9.17, 15) is 18.0 Å². The average molecular weight is 362 g/mol. The first-order valence-corrected chi connectivity index (χ1v) is 8.62. The molecule has 0 radical (unpaired) electrons. The van der Waals surface area contributed by atoms with E-state index in [0.717, 1.165) is 25.2 Å². The minimum Gasteiger partial charge on any atom is -0.336 e. The molecule has 0 bridgehead atoms. The summed E-state index contributed by atoms with van der Waals surface area (Å²) in [5, 5.41) is 0. The van der Waals surface area contributed by atoms with Crippen LogP contribution < -0.4 is 0 Å². The van der Waals surface area contributed by atoms with Gasteiger partial charge in [0.1, 0.15) is 0 Å². The largest absolute Gasteiger partial charge is 0.416 e. The van der Waals surface area contributed by atoms with Crippen molar-refractivity contribution in [3.63, 3.8) is 0 Å². The molecular formula is C20H21F3N2O. The van der Waals surface area contributed by atoms with E-state index in [0.29, 0.717) is 18.7 Å².